The lowest BCUT2D eigenvalue weighted by Gasteiger charge is -2.29. The van der Waals surface area contributed by atoms with Gasteiger partial charge in [-0.1, -0.05) is 18.2 Å². The van der Waals surface area contributed by atoms with Crippen LogP contribution >= 0.6 is 0 Å². The van der Waals surface area contributed by atoms with Crippen LogP contribution in [-0.4, -0.2) is 42.2 Å². The molecule has 0 N–H and O–H groups in total. The van der Waals surface area contributed by atoms with Gasteiger partial charge in [0.2, 0.25) is 0 Å². The Morgan fingerprint density at radius 2 is 2.00 bits per heavy atom. The number of hydrogen-bond acceptors (Lipinski definition) is 3. The minimum Gasteiger partial charge on any atom is -0.466 e. The number of aromatic nitrogens is 1. The molecule has 3 rings (SSSR count). The second-order valence-electron chi connectivity index (χ2n) is 6.55. The fourth-order valence-corrected chi connectivity index (χ4v) is 3.51. The van der Waals surface area contributed by atoms with E-state index in [9.17, 15) is 4.79 Å². The number of esters is 1. The van der Waals surface area contributed by atoms with Crippen LogP contribution in [0, 0.1) is 5.92 Å². The van der Waals surface area contributed by atoms with Crippen molar-refractivity contribution in [3.63, 3.8) is 0 Å². The van der Waals surface area contributed by atoms with Gasteiger partial charge in [0.05, 0.1) is 13.0 Å². The Morgan fingerprint density at radius 1 is 1.26 bits per heavy atom. The van der Waals surface area contributed by atoms with E-state index in [1.54, 1.807) is 0 Å². The van der Waals surface area contributed by atoms with Crippen LogP contribution < -0.4 is 0 Å². The number of hydrogen-bond donors (Lipinski definition) is 0. The van der Waals surface area contributed by atoms with E-state index in [1.807, 2.05) is 13.0 Å². The molecule has 124 valence electrons. The predicted octanol–water partition coefficient (Wildman–Crippen LogP) is 3.09. The van der Waals surface area contributed by atoms with E-state index in [-0.39, 0.29) is 5.97 Å². The highest BCUT2D eigenvalue weighted by Crippen LogP contribution is 2.25. The predicted molar refractivity (Wildman–Crippen MR) is 92.5 cm³/mol. The molecule has 0 atom stereocenters. The van der Waals surface area contributed by atoms with Crippen LogP contribution in [0.15, 0.2) is 30.5 Å². The molecule has 0 spiro atoms. The van der Waals surface area contributed by atoms with Gasteiger partial charge in [-0.25, -0.2) is 0 Å². The highest BCUT2D eigenvalue weighted by molar-refractivity contribution is 5.87. The second-order valence-corrected chi connectivity index (χ2v) is 6.55. The Hall–Kier alpha value is -1.81. The first-order valence-corrected chi connectivity index (χ1v) is 8.58. The number of fused-ring (bicyclic) bond motifs is 1. The average molecular weight is 314 g/mol. The lowest BCUT2D eigenvalue weighted by Crippen LogP contribution is -2.31. The van der Waals surface area contributed by atoms with Crippen LogP contribution in [0.2, 0.25) is 0 Å². The van der Waals surface area contributed by atoms with Gasteiger partial charge in [0.15, 0.2) is 0 Å². The first kappa shape index (κ1) is 16.1. The van der Waals surface area contributed by atoms with E-state index in [0.29, 0.717) is 13.0 Å². The summed E-state index contributed by atoms with van der Waals surface area (Å²) in [6.07, 6.45) is 5.00. The highest BCUT2D eigenvalue weighted by atomic mass is 16.5. The summed E-state index contributed by atoms with van der Waals surface area (Å²) in [5.74, 6) is 0.576. The zero-order valence-corrected chi connectivity index (χ0v) is 14.1. The zero-order chi connectivity index (χ0) is 16.2. The first-order valence-electron chi connectivity index (χ1n) is 8.58. The third-order valence-electron chi connectivity index (χ3n) is 4.80. The zero-order valence-electron chi connectivity index (χ0n) is 14.1. The van der Waals surface area contributed by atoms with Gasteiger partial charge < -0.3 is 14.2 Å². The normalized spacial score (nSPS) is 16.8. The van der Waals surface area contributed by atoms with Crippen LogP contribution in [0.3, 0.4) is 0 Å². The van der Waals surface area contributed by atoms with Crippen LogP contribution in [-0.2, 0) is 22.5 Å². The standard InChI is InChI=1S/C19H26N2O2/c1-3-23-19(22)12-16-14-21(18-7-5-4-6-17(16)18)13-15-8-10-20(2)11-9-15/h4-7,14-15H,3,8-13H2,1-2H3. The molecule has 0 aliphatic carbocycles. The molecule has 4 nitrogen and oxygen atoms in total. The minimum absolute atomic E-state index is 0.144. The maximum atomic E-state index is 11.9. The van der Waals surface area contributed by atoms with Crippen molar-refractivity contribution in [3.05, 3.63) is 36.0 Å². The van der Waals surface area contributed by atoms with Crippen molar-refractivity contribution in [1.29, 1.82) is 0 Å². The molecule has 0 amide bonds. The van der Waals surface area contributed by atoms with Crippen molar-refractivity contribution < 1.29 is 9.53 Å². The van der Waals surface area contributed by atoms with Crippen molar-refractivity contribution in [1.82, 2.24) is 9.47 Å². The molecule has 2 aromatic rings. The quantitative estimate of drug-likeness (QED) is 0.796. The summed E-state index contributed by atoms with van der Waals surface area (Å²) in [6.45, 7) is 5.69. The molecule has 1 aliphatic rings. The average Bonchev–Trinajstić information content (AvgIpc) is 2.88. The SMILES string of the molecule is CCOC(=O)Cc1cn(CC2CCN(C)CC2)c2ccccc12. The van der Waals surface area contributed by atoms with Crippen molar-refractivity contribution in [3.8, 4) is 0 Å². The molecule has 0 radical (unpaired) electrons. The van der Waals surface area contributed by atoms with Crippen molar-refractivity contribution in [2.24, 2.45) is 5.92 Å². The lowest BCUT2D eigenvalue weighted by atomic mass is 9.97. The Balaban J connectivity index is 1.81. The number of ether oxygens (including phenoxy) is 1. The highest BCUT2D eigenvalue weighted by Gasteiger charge is 2.19. The lowest BCUT2D eigenvalue weighted by molar-refractivity contribution is -0.142. The summed E-state index contributed by atoms with van der Waals surface area (Å²) in [7, 11) is 2.19. The second kappa shape index (κ2) is 7.18. The van der Waals surface area contributed by atoms with Crippen molar-refractivity contribution in [2.45, 2.75) is 32.7 Å². The molecule has 0 unspecified atom stereocenters. The summed E-state index contributed by atoms with van der Waals surface area (Å²) >= 11 is 0. The van der Waals surface area contributed by atoms with E-state index < -0.39 is 0 Å². The molecule has 2 heterocycles. The third kappa shape index (κ3) is 3.75. The molecule has 1 aromatic heterocycles. The van der Waals surface area contributed by atoms with Crippen molar-refractivity contribution >= 4 is 16.9 Å². The van der Waals surface area contributed by atoms with Gasteiger partial charge in [-0.15, -0.1) is 0 Å². The van der Waals surface area contributed by atoms with Gasteiger partial charge in [-0.3, -0.25) is 4.79 Å². The van der Waals surface area contributed by atoms with E-state index >= 15 is 0 Å². The van der Waals surface area contributed by atoms with Crippen LogP contribution in [0.5, 0.6) is 0 Å². The molecule has 1 aliphatic heterocycles. The number of carbonyl (C=O) groups excluding carboxylic acids is 1. The third-order valence-corrected chi connectivity index (χ3v) is 4.80. The number of rotatable bonds is 5. The van der Waals surface area contributed by atoms with Gasteiger partial charge in [0.25, 0.3) is 0 Å². The molecule has 23 heavy (non-hydrogen) atoms. The molecule has 1 aromatic carbocycles. The minimum atomic E-state index is -0.144. The Morgan fingerprint density at radius 3 is 2.74 bits per heavy atom. The Bertz CT molecular complexity index is 669. The van der Waals surface area contributed by atoms with Crippen LogP contribution in [0.1, 0.15) is 25.3 Å². The fraction of sp³-hybridized carbons (Fsp3) is 0.526. The molecular formula is C19H26N2O2. The topological polar surface area (TPSA) is 34.5 Å². The number of nitrogens with zero attached hydrogens (tertiary/aromatic N) is 2. The van der Waals surface area contributed by atoms with E-state index in [4.69, 9.17) is 4.74 Å². The summed E-state index contributed by atoms with van der Waals surface area (Å²) < 4.78 is 7.45. The number of benzene rings is 1. The number of carbonyl (C=O) groups is 1. The van der Waals surface area contributed by atoms with Gasteiger partial charge in [0, 0.05) is 23.6 Å². The van der Waals surface area contributed by atoms with Crippen LogP contribution in [0.25, 0.3) is 10.9 Å². The molecular weight excluding hydrogens is 288 g/mol. The maximum absolute atomic E-state index is 11.9. The van der Waals surface area contributed by atoms with E-state index in [1.165, 1.54) is 36.8 Å². The number of piperidine rings is 1. The summed E-state index contributed by atoms with van der Waals surface area (Å²) in [5, 5.41) is 1.17. The molecule has 0 bridgehead atoms. The number of likely N-dealkylation sites (tertiary alicyclic amines) is 1. The van der Waals surface area contributed by atoms with Gasteiger partial charge in [-0.2, -0.15) is 0 Å². The first-order chi connectivity index (χ1) is 11.2. The van der Waals surface area contributed by atoms with Gasteiger partial charge in [-0.05, 0) is 57.5 Å². The summed E-state index contributed by atoms with van der Waals surface area (Å²) in [6, 6.07) is 8.37. The van der Waals surface area contributed by atoms with E-state index in [0.717, 1.165) is 18.0 Å². The molecule has 1 saturated heterocycles. The summed E-state index contributed by atoms with van der Waals surface area (Å²) in [4.78, 5) is 14.3. The monoisotopic (exact) mass is 314 g/mol. The largest absolute Gasteiger partial charge is 0.466 e. The van der Waals surface area contributed by atoms with Crippen molar-refractivity contribution in [2.75, 3.05) is 26.7 Å². The van der Waals surface area contributed by atoms with Gasteiger partial charge in [0.1, 0.15) is 0 Å². The summed E-state index contributed by atoms with van der Waals surface area (Å²) in [5.41, 5.74) is 2.30. The molecule has 0 saturated carbocycles. The Labute approximate surface area is 138 Å². The Kier molecular flexibility index (Phi) is 5.01. The fourth-order valence-electron chi connectivity index (χ4n) is 3.51. The van der Waals surface area contributed by atoms with E-state index in [2.05, 4.69) is 40.9 Å². The number of para-hydroxylation sites is 1. The van der Waals surface area contributed by atoms with Crippen LogP contribution in [0.4, 0.5) is 0 Å². The smallest absolute Gasteiger partial charge is 0.310 e. The van der Waals surface area contributed by atoms with Gasteiger partial charge >= 0.3 is 5.97 Å². The maximum Gasteiger partial charge on any atom is 0.310 e. The molecule has 1 fully saturated rings. The molecule has 4 heteroatoms.